The maximum atomic E-state index is 13.8. The fraction of sp³-hybridized carbons (Fsp3) is 0.368. The van der Waals surface area contributed by atoms with E-state index in [0.717, 1.165) is 38.5 Å². The Hall–Kier alpha value is -9.48. The summed E-state index contributed by atoms with van der Waals surface area (Å²) >= 11 is 0. The van der Waals surface area contributed by atoms with Crippen LogP contribution in [-0.4, -0.2) is 117 Å². The molecule has 0 saturated carbocycles. The number of nitrogens with one attached hydrogen (secondary N) is 5. The Morgan fingerprint density at radius 2 is 1.26 bits per heavy atom. The molecule has 0 radical (unpaired) electrons. The van der Waals surface area contributed by atoms with Gasteiger partial charge in [0.15, 0.2) is 6.61 Å². The molecule has 1 saturated heterocycles. The topological polar surface area (TPSA) is 306 Å². The van der Waals surface area contributed by atoms with Crippen molar-refractivity contribution in [2.75, 3.05) is 30.3 Å². The number of carbonyl (C=O) groups excluding carboxylic acids is 8. The number of nitrogens with two attached hydrogens (primary N) is 1. The van der Waals surface area contributed by atoms with Crippen LogP contribution in [0.2, 0.25) is 0 Å². The van der Waals surface area contributed by atoms with Gasteiger partial charge in [-0.2, -0.15) is 10.2 Å². The highest BCUT2D eigenvalue weighted by Crippen LogP contribution is 2.34. The molecule has 0 spiro atoms. The molecule has 2 aliphatic rings. The summed E-state index contributed by atoms with van der Waals surface area (Å²) in [4.78, 5) is 114. The minimum absolute atomic E-state index is 0.156. The van der Waals surface area contributed by atoms with Crippen LogP contribution in [0.3, 0.4) is 0 Å². The highest BCUT2D eigenvalue weighted by molar-refractivity contribution is 6.07. The number of hydrogen-bond donors (Lipinski definition) is 6. The Kier molecular flexibility index (Phi) is 17.4. The minimum atomic E-state index is -0.746. The summed E-state index contributed by atoms with van der Waals surface area (Å²) in [7, 11) is 0. The quantitative estimate of drug-likeness (QED) is 0.0240. The number of imide groups is 1. The van der Waals surface area contributed by atoms with Crippen molar-refractivity contribution in [3.63, 3.8) is 0 Å². The summed E-state index contributed by atoms with van der Waals surface area (Å²) in [6.45, 7) is 9.76. The number of allylic oxidation sites excluding steroid dienone is 2. The first-order chi connectivity index (χ1) is 39.1. The smallest absolute Gasteiger partial charge is 0.276 e. The van der Waals surface area contributed by atoms with Gasteiger partial charge in [0.2, 0.25) is 29.6 Å². The molecule has 81 heavy (non-hydrogen) atoms. The van der Waals surface area contributed by atoms with Gasteiger partial charge in [-0.3, -0.25) is 63.7 Å². The maximum absolute atomic E-state index is 13.8. The molecule has 0 bridgehead atoms. The van der Waals surface area contributed by atoms with Crippen LogP contribution in [0.4, 0.5) is 11.9 Å². The van der Waals surface area contributed by atoms with E-state index < -0.39 is 29.7 Å². The molecule has 8 amide bonds. The van der Waals surface area contributed by atoms with Gasteiger partial charge >= 0.3 is 0 Å². The molecule has 7 N–H and O–H groups in total. The Morgan fingerprint density at radius 3 is 1.83 bits per heavy atom. The zero-order valence-electron chi connectivity index (χ0n) is 45.7. The largest absolute Gasteiger partial charge is 0.483 e. The van der Waals surface area contributed by atoms with Crippen LogP contribution in [0.5, 0.6) is 5.75 Å². The molecule has 6 heterocycles. The number of hydrogen-bond acceptors (Lipinski definition) is 13. The van der Waals surface area contributed by atoms with Gasteiger partial charge in [-0.25, -0.2) is 9.97 Å². The zero-order chi connectivity index (χ0) is 57.3. The molecule has 1 unspecified atom stereocenters. The van der Waals surface area contributed by atoms with Crippen molar-refractivity contribution in [3.8, 4) is 5.75 Å². The maximum Gasteiger partial charge on any atom is 0.276 e. The van der Waals surface area contributed by atoms with E-state index in [2.05, 4.69) is 41.8 Å². The molecule has 9 rings (SSSR count). The number of benzene rings is 3. The predicted molar refractivity (Wildman–Crippen MR) is 299 cm³/mol. The normalized spacial score (nSPS) is 14.2. The Balaban J connectivity index is 0.763. The number of anilines is 2. The van der Waals surface area contributed by atoms with Crippen LogP contribution in [-0.2, 0) is 47.1 Å². The second-order valence-electron chi connectivity index (χ2n) is 19.9. The van der Waals surface area contributed by atoms with E-state index in [1.54, 1.807) is 80.7 Å². The molecular formula is C57H65N15O9. The van der Waals surface area contributed by atoms with E-state index in [4.69, 9.17) is 15.5 Å². The summed E-state index contributed by atoms with van der Waals surface area (Å²) in [5.74, 6) is -2.44. The number of amides is 8. The van der Waals surface area contributed by atoms with Crippen LogP contribution in [0, 0.1) is 13.8 Å². The average molecular weight is 1100 g/mol. The number of nitrogens with zero attached hydrogens (tertiary/aromatic N) is 9. The molecule has 422 valence electrons. The molecule has 7 aromatic rings. The number of unbranched alkanes of at least 4 members (excludes halogenated alkanes) is 5. The van der Waals surface area contributed by atoms with E-state index in [0.29, 0.717) is 87.7 Å². The third kappa shape index (κ3) is 12.8. The Bertz CT molecular complexity index is 3620. The fourth-order valence-corrected chi connectivity index (χ4v) is 10.1. The number of primary amides is 1. The number of rotatable bonds is 25. The molecule has 2 aliphatic heterocycles. The lowest BCUT2D eigenvalue weighted by molar-refractivity contribution is -0.137. The van der Waals surface area contributed by atoms with E-state index in [1.807, 2.05) is 44.4 Å². The number of imidazole rings is 2. The van der Waals surface area contributed by atoms with Crippen molar-refractivity contribution in [2.24, 2.45) is 5.73 Å². The van der Waals surface area contributed by atoms with Crippen LogP contribution < -0.4 is 37.1 Å². The van der Waals surface area contributed by atoms with Crippen molar-refractivity contribution >= 4 is 81.2 Å². The van der Waals surface area contributed by atoms with Crippen molar-refractivity contribution in [2.45, 2.75) is 118 Å². The van der Waals surface area contributed by atoms with Crippen molar-refractivity contribution < 1.29 is 43.1 Å². The van der Waals surface area contributed by atoms with Gasteiger partial charge in [0.05, 0.1) is 39.0 Å². The second-order valence-corrected chi connectivity index (χ2v) is 19.9. The van der Waals surface area contributed by atoms with Crippen LogP contribution in [0.1, 0.15) is 134 Å². The van der Waals surface area contributed by atoms with E-state index >= 15 is 0 Å². The number of aromatic nitrogens is 8. The lowest BCUT2D eigenvalue weighted by Crippen LogP contribution is -2.52. The summed E-state index contributed by atoms with van der Waals surface area (Å²) in [6, 6.07) is 17.9. The first kappa shape index (κ1) is 56.2. The Morgan fingerprint density at radius 1 is 0.704 bits per heavy atom. The van der Waals surface area contributed by atoms with Crippen molar-refractivity contribution in [3.05, 3.63) is 124 Å². The lowest BCUT2D eigenvalue weighted by Gasteiger charge is -2.29. The third-order valence-corrected chi connectivity index (χ3v) is 14.2. The van der Waals surface area contributed by atoms with E-state index in [9.17, 15) is 38.4 Å². The average Bonchev–Trinajstić information content (AvgIpc) is 4.29. The Labute approximate surface area is 465 Å². The summed E-state index contributed by atoms with van der Waals surface area (Å²) in [5, 5.41) is 22.9. The molecule has 0 aliphatic carbocycles. The minimum Gasteiger partial charge on any atom is -0.483 e. The molecular weight excluding hydrogens is 1040 g/mol. The number of piperidine rings is 1. The van der Waals surface area contributed by atoms with Crippen molar-refractivity contribution in [1.29, 1.82) is 0 Å². The number of carbonyl (C=O) groups is 8. The molecule has 1 atom stereocenters. The summed E-state index contributed by atoms with van der Waals surface area (Å²) < 4.78 is 12.6. The van der Waals surface area contributed by atoms with Crippen molar-refractivity contribution in [1.82, 2.24) is 59.5 Å². The highest BCUT2D eigenvalue weighted by Gasteiger charge is 2.40. The third-order valence-electron chi connectivity index (χ3n) is 14.2. The van der Waals surface area contributed by atoms with E-state index in [-0.39, 0.29) is 85.9 Å². The van der Waals surface area contributed by atoms with Gasteiger partial charge in [-0.15, -0.1) is 0 Å². The molecule has 4 aromatic heterocycles. The molecule has 3 aromatic carbocycles. The van der Waals surface area contributed by atoms with Gasteiger partial charge in [-0.05, 0) is 107 Å². The SMILES string of the molecule is CCn1nc(C)cc1C(=O)Nc1nc2cc(C(N)=O)ccc2n1C/C=C/Cn1c(NC(=O)c2cc(C)nn2CC)nc2cc(C(=O)NCCCCCCCCNC(=O)COc3cccc4c3C(=O)N(C3CCC(=O)NC3=O)C4)ccc21. The highest BCUT2D eigenvalue weighted by atomic mass is 16.5. The van der Waals surface area contributed by atoms with Crippen LogP contribution in [0.25, 0.3) is 22.1 Å². The van der Waals surface area contributed by atoms with Gasteiger partial charge in [-0.1, -0.05) is 50.0 Å². The van der Waals surface area contributed by atoms with Crippen LogP contribution in [0.15, 0.2) is 78.9 Å². The number of ether oxygens (including phenoxy) is 1. The first-order valence-electron chi connectivity index (χ1n) is 27.2. The first-order valence-corrected chi connectivity index (χ1v) is 27.2. The molecule has 24 heteroatoms. The predicted octanol–water partition coefficient (Wildman–Crippen LogP) is 5.32. The summed E-state index contributed by atoms with van der Waals surface area (Å²) in [6.07, 6.45) is 9.41. The molecule has 24 nitrogen and oxygen atoms in total. The monoisotopic (exact) mass is 1100 g/mol. The van der Waals surface area contributed by atoms with Gasteiger partial charge in [0.25, 0.3) is 29.5 Å². The number of fused-ring (bicyclic) bond motifs is 3. The van der Waals surface area contributed by atoms with E-state index in [1.165, 1.54) is 4.90 Å². The summed E-state index contributed by atoms with van der Waals surface area (Å²) in [5.41, 5.74) is 11.7. The molecule has 1 fully saturated rings. The van der Waals surface area contributed by atoms with Gasteiger partial charge < -0.3 is 35.1 Å². The van der Waals surface area contributed by atoms with Gasteiger partial charge in [0.1, 0.15) is 23.2 Å². The second kappa shape index (κ2) is 25.1. The fourth-order valence-electron chi connectivity index (χ4n) is 10.1. The zero-order valence-corrected chi connectivity index (χ0v) is 45.7. The number of aryl methyl sites for hydroxylation is 4. The van der Waals surface area contributed by atoms with Crippen LogP contribution >= 0.6 is 0 Å². The lowest BCUT2D eigenvalue weighted by atomic mass is 10.0. The standard InChI is InChI=1S/C57H65N15O9/c1-5-71-44(28-34(3)66-71)53(78)64-56-61-39-30-36(50(58)75)18-20-41(39)68(56)26-13-14-27-69-42-21-19-37(31-40(42)62-57(69)65-54(79)45-29-35(4)67-72(45)6-2)51(76)60-25-12-10-8-7-9-11-24-59-48(74)33-81-46-17-15-16-38-32-70(55(80)49(38)46)43-22-23-47(73)63-52(43)77/h13-21,28-31,43H,5-12,22-27,32-33H2,1-4H3,(H2,58,75)(H,59,74)(H,60,76)(H,61,64,78)(H,62,65,79)(H,63,73,77)/b14-13+. The van der Waals surface area contributed by atoms with Gasteiger partial charge in [0, 0.05) is 63.4 Å².